The van der Waals surface area contributed by atoms with Crippen LogP contribution in [0.3, 0.4) is 0 Å². The second-order valence-corrected chi connectivity index (χ2v) is 8.76. The van der Waals surface area contributed by atoms with E-state index >= 15 is 0 Å². The maximum atomic E-state index is 13.1. The van der Waals surface area contributed by atoms with Crippen molar-refractivity contribution in [2.24, 2.45) is 39.8 Å². The van der Waals surface area contributed by atoms with Crippen LogP contribution in [-0.4, -0.2) is 28.4 Å². The molecule has 0 saturated heterocycles. The minimum absolute atomic E-state index is 0.0813. The monoisotopic (exact) mass is 304 g/mol. The van der Waals surface area contributed by atoms with E-state index in [1.54, 1.807) is 0 Å². The van der Waals surface area contributed by atoms with Crippen LogP contribution in [0.4, 0.5) is 0 Å². The fraction of sp³-hybridized carbons (Fsp3) is 0.889. The zero-order valence-electron chi connectivity index (χ0n) is 13.7. The van der Waals surface area contributed by atoms with E-state index in [4.69, 9.17) is 5.73 Å². The van der Waals surface area contributed by atoms with Crippen molar-refractivity contribution < 1.29 is 9.90 Å². The predicted molar refractivity (Wildman–Crippen MR) is 85.4 cm³/mol. The first kappa shape index (κ1) is 14.7. The molecule has 3 aliphatic carbocycles. The number of nitrogens with two attached hydrogens (primary N) is 1. The van der Waals surface area contributed by atoms with Crippen LogP contribution in [0, 0.1) is 29.1 Å². The van der Waals surface area contributed by atoms with Gasteiger partial charge in [0.2, 0.25) is 0 Å². The smallest absolute Gasteiger partial charge is 0.139 e. The molecule has 3 saturated carbocycles. The van der Waals surface area contributed by atoms with Gasteiger partial charge in [0.05, 0.1) is 17.5 Å². The van der Waals surface area contributed by atoms with Crippen LogP contribution in [-0.2, 0) is 4.79 Å². The van der Waals surface area contributed by atoms with Crippen LogP contribution in [0.25, 0.3) is 0 Å². The van der Waals surface area contributed by atoms with Crippen molar-refractivity contribution >= 4 is 11.6 Å². The maximum absolute atomic E-state index is 13.1. The molecule has 1 aliphatic heterocycles. The quantitative estimate of drug-likeness (QED) is 0.721. The summed E-state index contributed by atoms with van der Waals surface area (Å²) in [6.45, 7) is 4.45. The molecule has 4 rings (SSSR count). The maximum Gasteiger partial charge on any atom is 0.139 e. The Morgan fingerprint density at radius 3 is 2.82 bits per heavy atom. The molecule has 1 heterocycles. The zero-order valence-corrected chi connectivity index (χ0v) is 13.7. The van der Waals surface area contributed by atoms with Crippen LogP contribution < -0.4 is 5.73 Å². The molecule has 7 atom stereocenters. The van der Waals surface area contributed by atoms with Crippen molar-refractivity contribution in [2.75, 3.05) is 0 Å². The molecule has 4 heteroatoms. The molecule has 0 radical (unpaired) electrons. The summed E-state index contributed by atoms with van der Waals surface area (Å²) in [6, 6.07) is 0. The van der Waals surface area contributed by atoms with Crippen molar-refractivity contribution in [3.8, 4) is 0 Å². The summed E-state index contributed by atoms with van der Waals surface area (Å²) in [4.78, 5) is 17.7. The van der Waals surface area contributed by atoms with Crippen molar-refractivity contribution in [3.63, 3.8) is 0 Å². The van der Waals surface area contributed by atoms with E-state index in [9.17, 15) is 9.90 Å². The van der Waals surface area contributed by atoms with Crippen molar-refractivity contribution in [2.45, 2.75) is 70.4 Å². The second kappa shape index (κ2) is 4.56. The van der Waals surface area contributed by atoms with Gasteiger partial charge in [0.1, 0.15) is 5.78 Å². The number of aliphatic hydroxyl groups is 1. The van der Waals surface area contributed by atoms with Gasteiger partial charge in [0.25, 0.3) is 0 Å². The van der Waals surface area contributed by atoms with Gasteiger partial charge in [-0.05, 0) is 62.2 Å². The Balaban J connectivity index is 1.69. The summed E-state index contributed by atoms with van der Waals surface area (Å²) in [5.74, 6) is 2.70. The highest BCUT2D eigenvalue weighted by Crippen LogP contribution is 2.62. The summed E-state index contributed by atoms with van der Waals surface area (Å²) in [5.41, 5.74) is 5.87. The Bertz CT molecular complexity index is 545. The summed E-state index contributed by atoms with van der Waals surface area (Å²) in [6.07, 6.45) is 6.24. The number of ketones is 1. The molecule has 0 amide bonds. The number of hydrogen-bond acceptors (Lipinski definition) is 4. The van der Waals surface area contributed by atoms with E-state index in [1.807, 2.05) is 0 Å². The molecule has 3 N–H and O–H groups in total. The molecule has 2 unspecified atom stereocenters. The van der Waals surface area contributed by atoms with Crippen LogP contribution in [0.5, 0.6) is 0 Å². The summed E-state index contributed by atoms with van der Waals surface area (Å²) < 4.78 is 0. The topological polar surface area (TPSA) is 75.7 Å². The van der Waals surface area contributed by atoms with Gasteiger partial charge in [-0.25, -0.2) is 0 Å². The molecular formula is C18H28N2O2. The molecule has 122 valence electrons. The van der Waals surface area contributed by atoms with E-state index < -0.39 is 0 Å². The first-order chi connectivity index (χ1) is 10.3. The third-order valence-electron chi connectivity index (χ3n) is 7.52. The normalized spacial score (nSPS) is 54.2. The van der Waals surface area contributed by atoms with Gasteiger partial charge in [-0.15, -0.1) is 0 Å². The van der Waals surface area contributed by atoms with E-state index in [2.05, 4.69) is 18.8 Å². The van der Waals surface area contributed by atoms with Gasteiger partial charge in [0, 0.05) is 18.8 Å². The number of carbonyl (C=O) groups is 1. The first-order valence-electron chi connectivity index (χ1n) is 8.88. The van der Waals surface area contributed by atoms with Crippen molar-refractivity contribution in [1.82, 2.24) is 0 Å². The molecule has 0 aromatic carbocycles. The molecule has 0 aromatic rings. The SMILES string of the molecule is C[C@]12CCC(O)CC1CC[C@@H]1[C@@H]2C(=O)C[C@]2(C)N=C(N)C[C@@H]12. The number of hydrogen-bond donors (Lipinski definition) is 2. The van der Waals surface area contributed by atoms with E-state index in [-0.39, 0.29) is 23.0 Å². The Hall–Kier alpha value is -0.900. The van der Waals surface area contributed by atoms with Crippen LogP contribution in [0.15, 0.2) is 4.99 Å². The van der Waals surface area contributed by atoms with Crippen LogP contribution >= 0.6 is 0 Å². The lowest BCUT2D eigenvalue weighted by Crippen LogP contribution is -2.58. The van der Waals surface area contributed by atoms with Crippen LogP contribution in [0.1, 0.15) is 58.8 Å². The highest BCUT2D eigenvalue weighted by Gasteiger charge is 2.61. The number of nitrogens with zero attached hydrogens (tertiary/aromatic N) is 1. The molecule has 0 aromatic heterocycles. The molecule has 4 aliphatic rings. The highest BCUT2D eigenvalue weighted by molar-refractivity contribution is 5.89. The average molecular weight is 304 g/mol. The summed E-state index contributed by atoms with van der Waals surface area (Å²) in [7, 11) is 0. The number of carbonyl (C=O) groups excluding carboxylic acids is 1. The number of amidine groups is 1. The van der Waals surface area contributed by atoms with Crippen LogP contribution in [0.2, 0.25) is 0 Å². The van der Waals surface area contributed by atoms with Crippen molar-refractivity contribution in [3.05, 3.63) is 0 Å². The van der Waals surface area contributed by atoms with Gasteiger partial charge < -0.3 is 10.8 Å². The van der Waals surface area contributed by atoms with E-state index in [1.165, 1.54) is 0 Å². The van der Waals surface area contributed by atoms with Gasteiger partial charge >= 0.3 is 0 Å². The predicted octanol–water partition coefficient (Wildman–Crippen LogP) is 2.29. The average Bonchev–Trinajstić information content (AvgIpc) is 2.73. The van der Waals surface area contributed by atoms with Crippen molar-refractivity contribution in [1.29, 1.82) is 0 Å². The van der Waals surface area contributed by atoms with Gasteiger partial charge in [0.15, 0.2) is 0 Å². The standard InChI is InChI=1S/C18H28N2O2/c1-17-6-5-11(21)7-10(17)3-4-12-13-8-15(19)20-18(13,2)9-14(22)16(12)17/h10-13,16,21H,3-9H2,1-2H3,(H2,19,20)/t10?,11?,12-,13-,16+,17-,18-/m0/s1. The van der Waals surface area contributed by atoms with Gasteiger partial charge in [-0.2, -0.15) is 0 Å². The minimum Gasteiger partial charge on any atom is -0.393 e. The molecule has 0 spiro atoms. The number of aliphatic hydroxyl groups excluding tert-OH is 1. The van der Waals surface area contributed by atoms with Gasteiger partial charge in [-0.3, -0.25) is 9.79 Å². The minimum atomic E-state index is -0.250. The lowest BCUT2D eigenvalue weighted by molar-refractivity contribution is -0.154. The molecule has 3 fully saturated rings. The molecule has 22 heavy (non-hydrogen) atoms. The Labute approximate surface area is 132 Å². The highest BCUT2D eigenvalue weighted by atomic mass is 16.3. The number of Topliss-reactive ketones (excluding diaryl/α,β-unsaturated/α-hetero) is 1. The summed E-state index contributed by atoms with van der Waals surface area (Å²) >= 11 is 0. The summed E-state index contributed by atoms with van der Waals surface area (Å²) in [5, 5.41) is 10.0. The number of fused-ring (bicyclic) bond motifs is 5. The Morgan fingerprint density at radius 1 is 1.27 bits per heavy atom. The van der Waals surface area contributed by atoms with Gasteiger partial charge in [-0.1, -0.05) is 6.92 Å². The molecular weight excluding hydrogens is 276 g/mol. The fourth-order valence-corrected chi connectivity index (χ4v) is 6.49. The lowest BCUT2D eigenvalue weighted by Gasteiger charge is -2.58. The zero-order chi connectivity index (χ0) is 15.7. The second-order valence-electron chi connectivity index (χ2n) is 8.76. The first-order valence-corrected chi connectivity index (χ1v) is 8.88. The number of rotatable bonds is 0. The molecule has 0 bridgehead atoms. The lowest BCUT2D eigenvalue weighted by atomic mass is 9.45. The fourth-order valence-electron chi connectivity index (χ4n) is 6.49. The largest absolute Gasteiger partial charge is 0.393 e. The van der Waals surface area contributed by atoms with E-state index in [0.717, 1.165) is 44.4 Å². The van der Waals surface area contributed by atoms with E-state index in [0.29, 0.717) is 30.0 Å². The third kappa shape index (κ3) is 1.85. The Morgan fingerprint density at radius 2 is 2.05 bits per heavy atom. The third-order valence-corrected chi connectivity index (χ3v) is 7.52. The molecule has 4 nitrogen and oxygen atoms in total. The Kier molecular flexibility index (Phi) is 3.04. The number of aliphatic imine (C=N–C) groups is 1.